The molecule has 0 saturated carbocycles. The number of aromatic hydroxyl groups is 1. The van der Waals surface area contributed by atoms with Crippen LogP contribution in [0.4, 0.5) is 5.69 Å². The van der Waals surface area contributed by atoms with Crippen LogP contribution in [0.1, 0.15) is 0 Å². The molecule has 7 heteroatoms. The predicted molar refractivity (Wildman–Crippen MR) is 58.7 cm³/mol. The standard InChI is InChI=1S/C10H8NO4S.Na/c11-8-5-7(16(13,14)15)4-6-2-1-3-9(12)10(6)8;/h2-5,12H,11H2,(H,13,14,15);/q-1;+1. The van der Waals surface area contributed by atoms with E-state index in [4.69, 9.17) is 10.3 Å². The van der Waals surface area contributed by atoms with Crippen molar-refractivity contribution in [1.82, 2.24) is 0 Å². The van der Waals surface area contributed by atoms with Gasteiger partial charge in [-0.3, -0.25) is 4.55 Å². The van der Waals surface area contributed by atoms with Gasteiger partial charge < -0.3 is 10.8 Å². The van der Waals surface area contributed by atoms with Gasteiger partial charge in [0.25, 0.3) is 10.1 Å². The predicted octanol–water partition coefficient (Wildman–Crippen LogP) is -1.82. The van der Waals surface area contributed by atoms with Crippen molar-refractivity contribution in [3.63, 3.8) is 0 Å². The van der Waals surface area contributed by atoms with Crippen LogP contribution in [0.5, 0.6) is 5.75 Å². The zero-order chi connectivity index (χ0) is 11.9. The first-order valence-electron chi connectivity index (χ1n) is 4.29. The Kier molecular flexibility index (Phi) is 4.06. The Bertz CT molecular complexity index is 669. The number of nitrogens with two attached hydrogens (primary N) is 1. The van der Waals surface area contributed by atoms with Gasteiger partial charge in [-0.1, -0.05) is 11.5 Å². The number of phenols is 1. The monoisotopic (exact) mass is 261 g/mol. The number of hydrogen-bond acceptors (Lipinski definition) is 4. The molecule has 0 fully saturated rings. The third kappa shape index (κ3) is 2.72. The SMILES string of the molecule is Nc1cc(S(=O)(=O)O)cc2c[c-]cc(O)c12.[Na+]. The smallest absolute Gasteiger partial charge is 0.565 e. The summed E-state index contributed by atoms with van der Waals surface area (Å²) in [6.45, 7) is 0. The fraction of sp³-hybridized carbons (Fsp3) is 0. The van der Waals surface area contributed by atoms with Crippen LogP contribution in [-0.4, -0.2) is 18.1 Å². The Hall–Kier alpha value is -0.790. The van der Waals surface area contributed by atoms with Crippen LogP contribution < -0.4 is 35.3 Å². The molecule has 0 aliphatic carbocycles. The molecule has 0 aliphatic rings. The third-order valence-electron chi connectivity index (χ3n) is 2.19. The first-order valence-corrected chi connectivity index (χ1v) is 5.73. The van der Waals surface area contributed by atoms with Crippen molar-refractivity contribution in [2.75, 3.05) is 5.73 Å². The summed E-state index contributed by atoms with van der Waals surface area (Å²) in [5.41, 5.74) is 5.69. The second kappa shape index (κ2) is 4.83. The Labute approximate surface area is 120 Å². The molecule has 0 bridgehead atoms. The first kappa shape index (κ1) is 14.3. The Balaban J connectivity index is 0.00000144. The molecule has 0 spiro atoms. The van der Waals surface area contributed by atoms with Gasteiger partial charge in [-0.25, -0.2) is 0 Å². The third-order valence-corrected chi connectivity index (χ3v) is 3.02. The minimum Gasteiger partial charge on any atom is -0.565 e. The van der Waals surface area contributed by atoms with Crippen molar-refractivity contribution in [3.8, 4) is 5.75 Å². The largest absolute Gasteiger partial charge is 1.00 e. The molecule has 0 heterocycles. The van der Waals surface area contributed by atoms with E-state index in [0.29, 0.717) is 10.8 Å². The summed E-state index contributed by atoms with van der Waals surface area (Å²) in [7, 11) is -4.31. The average Bonchev–Trinajstić information content (AvgIpc) is 2.15. The van der Waals surface area contributed by atoms with Gasteiger partial charge in [0.2, 0.25) is 0 Å². The summed E-state index contributed by atoms with van der Waals surface area (Å²) in [6.07, 6.45) is 0. The van der Waals surface area contributed by atoms with Crippen molar-refractivity contribution in [2.45, 2.75) is 4.90 Å². The normalized spacial score (nSPS) is 11.1. The molecular weight excluding hydrogens is 253 g/mol. The Morgan fingerprint density at radius 3 is 2.47 bits per heavy atom. The zero-order valence-electron chi connectivity index (χ0n) is 9.01. The maximum atomic E-state index is 10.9. The van der Waals surface area contributed by atoms with E-state index >= 15 is 0 Å². The van der Waals surface area contributed by atoms with Crippen molar-refractivity contribution in [2.24, 2.45) is 0 Å². The van der Waals surface area contributed by atoms with Crippen molar-refractivity contribution in [1.29, 1.82) is 0 Å². The Morgan fingerprint density at radius 2 is 1.88 bits per heavy atom. The summed E-state index contributed by atoms with van der Waals surface area (Å²) in [4.78, 5) is -0.309. The second-order valence-corrected chi connectivity index (χ2v) is 4.71. The van der Waals surface area contributed by atoms with Crippen molar-refractivity contribution < 1.29 is 47.6 Å². The summed E-state index contributed by atoms with van der Waals surface area (Å²) in [5, 5.41) is 10.3. The van der Waals surface area contributed by atoms with E-state index in [1.54, 1.807) is 0 Å². The summed E-state index contributed by atoms with van der Waals surface area (Å²) >= 11 is 0. The van der Waals surface area contributed by atoms with E-state index < -0.39 is 10.1 Å². The molecule has 0 aromatic heterocycles. The molecular formula is C10H8NNaO4S. The topological polar surface area (TPSA) is 101 Å². The molecule has 4 N–H and O–H groups in total. The van der Waals surface area contributed by atoms with Crippen molar-refractivity contribution in [3.05, 3.63) is 30.3 Å². The van der Waals surface area contributed by atoms with Gasteiger partial charge in [0.15, 0.2) is 0 Å². The van der Waals surface area contributed by atoms with Crippen LogP contribution in [0.15, 0.2) is 29.2 Å². The van der Waals surface area contributed by atoms with Crippen LogP contribution in [0.3, 0.4) is 0 Å². The first-order chi connectivity index (χ1) is 7.39. The van der Waals surface area contributed by atoms with Crippen LogP contribution in [0.25, 0.3) is 10.8 Å². The molecule has 0 radical (unpaired) electrons. The molecule has 0 unspecified atom stereocenters. The van der Waals surface area contributed by atoms with Crippen LogP contribution in [0, 0.1) is 6.07 Å². The van der Waals surface area contributed by atoms with Gasteiger partial charge in [-0.2, -0.15) is 20.6 Å². The quantitative estimate of drug-likeness (QED) is 0.243. The van der Waals surface area contributed by atoms with Gasteiger partial charge in [0, 0.05) is 11.4 Å². The number of hydrogen-bond donors (Lipinski definition) is 3. The van der Waals surface area contributed by atoms with Gasteiger partial charge in [-0.05, 0) is 6.07 Å². The number of phenolic OH excluding ortho intramolecular Hbond substituents is 1. The molecule has 2 aromatic carbocycles. The molecule has 2 aromatic rings. The fourth-order valence-corrected chi connectivity index (χ4v) is 2.05. The summed E-state index contributed by atoms with van der Waals surface area (Å²) in [5.74, 6) is -0.0862. The van der Waals surface area contributed by atoms with E-state index in [-0.39, 0.29) is 45.9 Å². The van der Waals surface area contributed by atoms with Crippen LogP contribution >= 0.6 is 0 Å². The van der Waals surface area contributed by atoms with E-state index in [0.717, 1.165) is 6.07 Å². The molecule has 0 amide bonds. The summed E-state index contributed by atoms with van der Waals surface area (Å²) < 4.78 is 30.8. The second-order valence-electron chi connectivity index (χ2n) is 3.29. The fourth-order valence-electron chi connectivity index (χ4n) is 1.50. The maximum absolute atomic E-state index is 10.9. The van der Waals surface area contributed by atoms with Crippen LogP contribution in [-0.2, 0) is 10.1 Å². The molecule has 2 rings (SSSR count). The average molecular weight is 261 g/mol. The van der Waals surface area contributed by atoms with Gasteiger partial charge in [0.1, 0.15) is 0 Å². The minimum atomic E-state index is -4.31. The number of benzene rings is 2. The van der Waals surface area contributed by atoms with Crippen LogP contribution in [0.2, 0.25) is 0 Å². The molecule has 17 heavy (non-hydrogen) atoms. The summed E-state index contributed by atoms with van der Waals surface area (Å²) in [6, 6.07) is 7.74. The van der Waals surface area contributed by atoms with Crippen molar-refractivity contribution >= 4 is 26.6 Å². The minimum absolute atomic E-state index is 0. The van der Waals surface area contributed by atoms with E-state index in [1.165, 1.54) is 18.2 Å². The number of fused-ring (bicyclic) bond motifs is 1. The molecule has 0 saturated heterocycles. The molecule has 84 valence electrons. The number of rotatable bonds is 1. The van der Waals surface area contributed by atoms with E-state index in [2.05, 4.69) is 6.07 Å². The maximum Gasteiger partial charge on any atom is 1.00 e. The number of anilines is 1. The van der Waals surface area contributed by atoms with E-state index in [1.807, 2.05) is 0 Å². The molecule has 0 atom stereocenters. The molecule has 5 nitrogen and oxygen atoms in total. The zero-order valence-corrected chi connectivity index (χ0v) is 11.8. The van der Waals surface area contributed by atoms with Gasteiger partial charge in [0.05, 0.1) is 4.90 Å². The molecule has 0 aliphatic heterocycles. The van der Waals surface area contributed by atoms with Gasteiger partial charge >= 0.3 is 29.6 Å². The van der Waals surface area contributed by atoms with Gasteiger partial charge in [-0.15, -0.1) is 11.5 Å². The van der Waals surface area contributed by atoms with E-state index in [9.17, 15) is 13.5 Å². The Morgan fingerprint density at radius 1 is 1.24 bits per heavy atom. The number of nitrogen functional groups attached to an aromatic ring is 1.